The maximum absolute atomic E-state index is 11.7. The van der Waals surface area contributed by atoms with Gasteiger partial charge in [-0.2, -0.15) is 5.26 Å². The second-order valence-corrected chi connectivity index (χ2v) is 4.04. The molecule has 2 aliphatic rings. The summed E-state index contributed by atoms with van der Waals surface area (Å²) in [4.78, 5) is 11.7. The van der Waals surface area contributed by atoms with Gasteiger partial charge in [-0.25, -0.2) is 0 Å². The van der Waals surface area contributed by atoms with Gasteiger partial charge < -0.3 is 0 Å². The molecule has 0 heterocycles. The number of nitriles is 1. The summed E-state index contributed by atoms with van der Waals surface area (Å²) in [7, 11) is 0. The van der Waals surface area contributed by atoms with E-state index < -0.39 is 5.41 Å². The number of ketones is 1. The van der Waals surface area contributed by atoms with E-state index in [1.165, 1.54) is 6.42 Å². The Bertz CT molecular complexity index is 243. The maximum atomic E-state index is 11.7. The van der Waals surface area contributed by atoms with Crippen molar-refractivity contribution in [3.8, 4) is 6.07 Å². The summed E-state index contributed by atoms with van der Waals surface area (Å²) in [5.41, 5.74) is -0.537. The first kappa shape index (κ1) is 7.79. The quantitative estimate of drug-likeness (QED) is 0.625. The summed E-state index contributed by atoms with van der Waals surface area (Å²) in [6.07, 6.45) is 5.94. The van der Waals surface area contributed by atoms with Gasteiger partial charge in [0.1, 0.15) is 5.41 Å². The number of Topliss-reactive ketones (excluding diaryl/α,β-unsaturated/α-hetero) is 1. The SMILES string of the molecule is N#CC1(C(=O)C2CCC2)CCC1. The molecule has 0 aromatic carbocycles. The number of rotatable bonds is 2. The number of hydrogen-bond donors (Lipinski definition) is 0. The van der Waals surface area contributed by atoms with E-state index in [0.717, 1.165) is 32.1 Å². The molecule has 0 aliphatic heterocycles. The van der Waals surface area contributed by atoms with Gasteiger partial charge in [-0.05, 0) is 32.1 Å². The first-order valence-corrected chi connectivity index (χ1v) is 4.74. The van der Waals surface area contributed by atoms with Gasteiger partial charge in [0.05, 0.1) is 6.07 Å². The molecule has 0 bridgehead atoms. The van der Waals surface area contributed by atoms with Crippen molar-refractivity contribution in [2.45, 2.75) is 38.5 Å². The van der Waals surface area contributed by atoms with Crippen LogP contribution in [-0.4, -0.2) is 5.78 Å². The molecule has 0 aromatic heterocycles. The van der Waals surface area contributed by atoms with E-state index in [-0.39, 0.29) is 11.7 Å². The number of nitrogens with zero attached hydrogens (tertiary/aromatic N) is 1. The monoisotopic (exact) mass is 163 g/mol. The normalized spacial score (nSPS) is 26.6. The number of hydrogen-bond acceptors (Lipinski definition) is 2. The Morgan fingerprint density at radius 2 is 2.00 bits per heavy atom. The minimum Gasteiger partial charge on any atom is -0.298 e. The van der Waals surface area contributed by atoms with Crippen LogP contribution in [0.1, 0.15) is 38.5 Å². The van der Waals surface area contributed by atoms with Crippen molar-refractivity contribution in [3.63, 3.8) is 0 Å². The zero-order chi connectivity index (χ0) is 8.60. The van der Waals surface area contributed by atoms with Gasteiger partial charge in [-0.1, -0.05) is 6.42 Å². The average Bonchev–Trinajstić information content (AvgIpc) is 1.81. The Morgan fingerprint density at radius 3 is 2.25 bits per heavy atom. The Hall–Kier alpha value is -0.840. The molecule has 2 aliphatic carbocycles. The van der Waals surface area contributed by atoms with Crippen molar-refractivity contribution in [2.24, 2.45) is 11.3 Å². The van der Waals surface area contributed by atoms with Crippen LogP contribution in [-0.2, 0) is 4.79 Å². The van der Waals surface area contributed by atoms with Crippen LogP contribution in [0, 0.1) is 22.7 Å². The second-order valence-electron chi connectivity index (χ2n) is 4.04. The minimum absolute atomic E-state index is 0.241. The van der Waals surface area contributed by atoms with Crippen molar-refractivity contribution in [1.29, 1.82) is 5.26 Å². The second kappa shape index (κ2) is 2.58. The molecule has 0 amide bonds. The predicted octanol–water partition coefficient (Wildman–Crippen LogP) is 2.05. The highest BCUT2D eigenvalue weighted by atomic mass is 16.1. The van der Waals surface area contributed by atoms with E-state index in [4.69, 9.17) is 5.26 Å². The van der Waals surface area contributed by atoms with Crippen LogP contribution < -0.4 is 0 Å². The van der Waals surface area contributed by atoms with E-state index in [1.54, 1.807) is 0 Å². The third-order valence-corrected chi connectivity index (χ3v) is 3.37. The van der Waals surface area contributed by atoms with Crippen molar-refractivity contribution >= 4 is 5.78 Å². The van der Waals surface area contributed by atoms with Crippen LogP contribution in [0.4, 0.5) is 0 Å². The lowest BCUT2D eigenvalue weighted by molar-refractivity contribution is -0.136. The van der Waals surface area contributed by atoms with Gasteiger partial charge in [-0.3, -0.25) is 4.79 Å². The Kier molecular flexibility index (Phi) is 1.68. The highest BCUT2D eigenvalue weighted by Crippen LogP contribution is 2.46. The lowest BCUT2D eigenvalue weighted by atomic mass is 9.61. The fourth-order valence-corrected chi connectivity index (χ4v) is 2.00. The minimum atomic E-state index is -0.537. The van der Waals surface area contributed by atoms with Gasteiger partial charge in [0.25, 0.3) is 0 Å². The lowest BCUT2D eigenvalue weighted by Crippen LogP contribution is -2.42. The summed E-state index contributed by atoms with van der Waals surface area (Å²) in [6, 6.07) is 2.21. The summed E-state index contributed by atoms with van der Waals surface area (Å²) in [6.45, 7) is 0. The zero-order valence-electron chi connectivity index (χ0n) is 7.18. The van der Waals surface area contributed by atoms with E-state index in [1.807, 2.05) is 0 Å². The molecule has 2 fully saturated rings. The standard InChI is InChI=1S/C10H13NO/c11-7-10(5-2-6-10)9(12)8-3-1-4-8/h8H,1-6H2. The van der Waals surface area contributed by atoms with Crippen molar-refractivity contribution in [2.75, 3.05) is 0 Å². The zero-order valence-corrected chi connectivity index (χ0v) is 7.18. The molecule has 0 aromatic rings. The number of carbonyl (C=O) groups is 1. The molecule has 0 atom stereocenters. The Morgan fingerprint density at radius 1 is 1.33 bits per heavy atom. The van der Waals surface area contributed by atoms with Gasteiger partial charge in [-0.15, -0.1) is 0 Å². The largest absolute Gasteiger partial charge is 0.298 e. The van der Waals surface area contributed by atoms with Gasteiger partial charge in [0.15, 0.2) is 5.78 Å². The molecule has 0 radical (unpaired) electrons. The summed E-state index contributed by atoms with van der Waals surface area (Å²) >= 11 is 0. The van der Waals surface area contributed by atoms with Crippen LogP contribution in [0.5, 0.6) is 0 Å². The molecule has 12 heavy (non-hydrogen) atoms. The van der Waals surface area contributed by atoms with E-state index >= 15 is 0 Å². The van der Waals surface area contributed by atoms with Crippen molar-refractivity contribution in [1.82, 2.24) is 0 Å². The van der Waals surface area contributed by atoms with Crippen LogP contribution in [0.3, 0.4) is 0 Å². The molecular weight excluding hydrogens is 150 g/mol. The molecule has 0 spiro atoms. The fourth-order valence-electron chi connectivity index (χ4n) is 2.00. The predicted molar refractivity (Wildman–Crippen MR) is 44.2 cm³/mol. The average molecular weight is 163 g/mol. The van der Waals surface area contributed by atoms with Gasteiger partial charge >= 0.3 is 0 Å². The van der Waals surface area contributed by atoms with Crippen molar-refractivity contribution in [3.05, 3.63) is 0 Å². The Balaban J connectivity index is 2.06. The van der Waals surface area contributed by atoms with Gasteiger partial charge in [0, 0.05) is 5.92 Å². The third kappa shape index (κ3) is 0.891. The Labute approximate surface area is 72.6 Å². The highest BCUT2D eigenvalue weighted by molar-refractivity contribution is 5.90. The molecule has 64 valence electrons. The molecule has 2 saturated carbocycles. The van der Waals surface area contributed by atoms with Crippen LogP contribution in [0.25, 0.3) is 0 Å². The number of carbonyl (C=O) groups excluding carboxylic acids is 1. The first-order chi connectivity index (χ1) is 5.78. The molecule has 0 unspecified atom stereocenters. The van der Waals surface area contributed by atoms with Crippen molar-refractivity contribution < 1.29 is 4.79 Å². The lowest BCUT2D eigenvalue weighted by Gasteiger charge is -2.38. The van der Waals surface area contributed by atoms with E-state index in [2.05, 4.69) is 6.07 Å². The van der Waals surface area contributed by atoms with Crippen LogP contribution in [0.2, 0.25) is 0 Å². The first-order valence-electron chi connectivity index (χ1n) is 4.74. The summed E-state index contributed by atoms with van der Waals surface area (Å²) in [5, 5.41) is 8.90. The van der Waals surface area contributed by atoms with Crippen LogP contribution >= 0.6 is 0 Å². The topological polar surface area (TPSA) is 40.9 Å². The smallest absolute Gasteiger partial charge is 0.156 e. The van der Waals surface area contributed by atoms with Gasteiger partial charge in [0.2, 0.25) is 0 Å². The highest BCUT2D eigenvalue weighted by Gasteiger charge is 2.48. The summed E-state index contributed by atoms with van der Waals surface area (Å²) in [5.74, 6) is 0.493. The summed E-state index contributed by atoms with van der Waals surface area (Å²) < 4.78 is 0. The molecule has 2 rings (SSSR count). The molecule has 0 N–H and O–H groups in total. The molecular formula is C10H13NO. The molecule has 2 nitrogen and oxygen atoms in total. The molecule has 0 saturated heterocycles. The maximum Gasteiger partial charge on any atom is 0.156 e. The van der Waals surface area contributed by atoms with E-state index in [0.29, 0.717) is 0 Å². The third-order valence-electron chi connectivity index (χ3n) is 3.37. The fraction of sp³-hybridized carbons (Fsp3) is 0.800. The van der Waals surface area contributed by atoms with Crippen LogP contribution in [0.15, 0.2) is 0 Å². The van der Waals surface area contributed by atoms with E-state index in [9.17, 15) is 4.79 Å². The molecule has 2 heteroatoms.